The van der Waals surface area contributed by atoms with Gasteiger partial charge in [0.05, 0.1) is 39.9 Å². The molecule has 0 aromatic carbocycles. The molecule has 0 aromatic heterocycles. The van der Waals surface area contributed by atoms with E-state index in [-0.39, 0.29) is 19.1 Å². The summed E-state index contributed by atoms with van der Waals surface area (Å²) in [6.07, 6.45) is 87.1. The molecule has 0 saturated heterocycles. The highest BCUT2D eigenvalue weighted by atomic mass is 31.2. The number of amides is 1. The molecule has 0 spiro atoms. The van der Waals surface area contributed by atoms with Gasteiger partial charge in [0, 0.05) is 6.42 Å². The van der Waals surface area contributed by atoms with Gasteiger partial charge in [0.25, 0.3) is 0 Å². The summed E-state index contributed by atoms with van der Waals surface area (Å²) in [6, 6.07) is -0.878. The number of aliphatic hydroxyl groups excluding tert-OH is 1. The van der Waals surface area contributed by atoms with Crippen LogP contribution in [0.3, 0.4) is 0 Å². The SMILES string of the molecule is CC/C=C\C/C=C\C/C=C\C/C=C\C/C=C\C/C=C\C/C=C\C/C=C\CCCCCCCCCCCCCCCCC(=O)NC(COP(=O)(O)OCC[N+](C)(C)C)C(O)/C=C/CC/C=C/CC/C=C/CCCCCCCC. The van der Waals surface area contributed by atoms with Gasteiger partial charge in [-0.1, -0.05) is 257 Å². The van der Waals surface area contributed by atoms with Crippen LogP contribution in [0.4, 0.5) is 0 Å². The summed E-state index contributed by atoms with van der Waals surface area (Å²) in [7, 11) is 1.53. The van der Waals surface area contributed by atoms with Crippen molar-refractivity contribution < 1.29 is 32.9 Å². The molecule has 0 aliphatic rings. The van der Waals surface area contributed by atoms with E-state index in [1.807, 2.05) is 27.2 Å². The smallest absolute Gasteiger partial charge is 0.387 e. The molecule has 0 radical (unpaired) electrons. The molecule has 0 saturated carbocycles. The molecule has 1 amide bonds. The quantitative estimate of drug-likeness (QED) is 0.0243. The number of unbranched alkanes of at least 4 members (excludes halogenated alkanes) is 22. The van der Waals surface area contributed by atoms with Crippen LogP contribution in [-0.4, -0.2) is 73.4 Å². The highest BCUT2D eigenvalue weighted by Gasteiger charge is 2.27. The van der Waals surface area contributed by atoms with Gasteiger partial charge in [0.1, 0.15) is 13.2 Å². The number of nitrogens with zero attached hydrogens (tertiary/aromatic N) is 1. The summed E-state index contributed by atoms with van der Waals surface area (Å²) in [5, 5.41) is 13.9. The minimum Gasteiger partial charge on any atom is -0.387 e. The van der Waals surface area contributed by atoms with Gasteiger partial charge in [-0.05, 0) is 109 Å². The fourth-order valence-electron chi connectivity index (χ4n) is 8.27. The summed E-state index contributed by atoms with van der Waals surface area (Å²) in [5.74, 6) is -0.196. The number of nitrogens with one attached hydrogen (secondary N) is 1. The van der Waals surface area contributed by atoms with Crippen molar-refractivity contribution in [3.05, 3.63) is 134 Å². The predicted octanol–water partition coefficient (Wildman–Crippen LogP) is 19.5. The number of hydrogen-bond acceptors (Lipinski definition) is 5. The lowest BCUT2D eigenvalue weighted by Crippen LogP contribution is -2.45. The zero-order valence-electron chi connectivity index (χ0n) is 50.1. The van der Waals surface area contributed by atoms with Crippen LogP contribution in [0.15, 0.2) is 134 Å². The Morgan fingerprint density at radius 1 is 0.455 bits per heavy atom. The number of aliphatic hydroxyl groups is 1. The number of quaternary nitrogens is 1. The molecule has 0 heterocycles. The lowest BCUT2D eigenvalue weighted by atomic mass is 10.0. The largest absolute Gasteiger partial charge is 0.472 e. The Morgan fingerprint density at radius 2 is 0.792 bits per heavy atom. The first-order valence-corrected chi connectivity index (χ1v) is 32.6. The van der Waals surface area contributed by atoms with Gasteiger partial charge >= 0.3 is 7.82 Å². The Morgan fingerprint density at radius 3 is 1.19 bits per heavy atom. The number of carbonyl (C=O) groups excluding carboxylic acids is 1. The molecule has 0 aliphatic heterocycles. The minimum absolute atomic E-state index is 0.0482. The van der Waals surface area contributed by atoms with Gasteiger partial charge in [0.2, 0.25) is 5.91 Å². The minimum atomic E-state index is -4.37. The summed E-state index contributed by atoms with van der Waals surface area (Å²) in [4.78, 5) is 23.3. The second-order valence-corrected chi connectivity index (χ2v) is 23.1. The molecular formula is C68H118N2O6P+. The number of allylic oxidation sites excluding steroid dienone is 21. The second kappa shape index (κ2) is 57.3. The maximum absolute atomic E-state index is 13.0. The molecule has 0 aromatic rings. The van der Waals surface area contributed by atoms with Gasteiger partial charge < -0.3 is 19.8 Å². The van der Waals surface area contributed by atoms with Gasteiger partial charge in [0.15, 0.2) is 0 Å². The predicted molar refractivity (Wildman–Crippen MR) is 336 cm³/mol. The van der Waals surface area contributed by atoms with Crippen LogP contribution in [0.25, 0.3) is 0 Å². The van der Waals surface area contributed by atoms with E-state index < -0.39 is 20.0 Å². The number of phosphoric acid groups is 1. The van der Waals surface area contributed by atoms with Gasteiger partial charge in [-0.25, -0.2) is 4.57 Å². The summed E-state index contributed by atoms with van der Waals surface area (Å²) in [5.41, 5.74) is 0. The van der Waals surface area contributed by atoms with Crippen molar-refractivity contribution in [1.29, 1.82) is 0 Å². The number of rotatable bonds is 55. The number of hydrogen-bond donors (Lipinski definition) is 3. The van der Waals surface area contributed by atoms with Crippen LogP contribution in [0.1, 0.15) is 239 Å². The molecule has 3 atom stereocenters. The Kier molecular flexibility index (Phi) is 54.8. The zero-order chi connectivity index (χ0) is 56.3. The van der Waals surface area contributed by atoms with E-state index in [0.29, 0.717) is 17.4 Å². The lowest BCUT2D eigenvalue weighted by Gasteiger charge is -2.25. The maximum atomic E-state index is 13.0. The third-order valence-corrected chi connectivity index (χ3v) is 14.1. The van der Waals surface area contributed by atoms with Gasteiger partial charge in [-0.2, -0.15) is 0 Å². The van der Waals surface area contributed by atoms with E-state index in [9.17, 15) is 19.4 Å². The van der Waals surface area contributed by atoms with Crippen LogP contribution in [-0.2, 0) is 18.4 Å². The Labute approximate surface area is 475 Å². The third-order valence-electron chi connectivity index (χ3n) is 13.1. The molecule has 440 valence electrons. The summed E-state index contributed by atoms with van der Waals surface area (Å²) < 4.78 is 23.7. The van der Waals surface area contributed by atoms with E-state index >= 15 is 0 Å². The fourth-order valence-corrected chi connectivity index (χ4v) is 9.00. The van der Waals surface area contributed by atoms with Crippen LogP contribution in [0.2, 0.25) is 0 Å². The number of phosphoric ester groups is 1. The maximum Gasteiger partial charge on any atom is 0.472 e. The molecule has 3 N–H and O–H groups in total. The van der Waals surface area contributed by atoms with E-state index in [2.05, 4.69) is 141 Å². The third kappa shape index (κ3) is 60.1. The standard InChI is InChI=1S/C68H117N2O6P/c1-6-8-10-12-14-16-18-20-22-24-25-26-27-28-29-30-31-32-33-34-35-36-37-38-39-40-41-42-43-44-45-46-48-50-52-54-56-58-60-62-68(72)69-66(65-76-77(73,74)75-64-63-70(3,4)5)67(71)61-59-57-55-53-51-49-47-23-21-19-17-15-13-11-9-7-2/h8,10,14,16,20-23,25-26,28-29,31-32,34-35,37-38,51,53,59,61,66-67,71H,6-7,9,11-13,15,17-19,24,27,30,33,36,39-50,52,54-58,60,62-65H2,1-5H3,(H-,69,72,73,74)/p+1/b10-8-,16-14-,22-20-,23-21+,26-25-,29-28-,32-31-,35-34-,38-37-,53-51+,61-59+. The number of carbonyl (C=O) groups is 1. The fraction of sp³-hybridized carbons (Fsp3) is 0.662. The zero-order valence-corrected chi connectivity index (χ0v) is 51.0. The molecular weight excluding hydrogens is 972 g/mol. The van der Waals surface area contributed by atoms with Gasteiger partial charge in [-0.15, -0.1) is 0 Å². The van der Waals surface area contributed by atoms with Crippen LogP contribution < -0.4 is 5.32 Å². The lowest BCUT2D eigenvalue weighted by molar-refractivity contribution is -0.870. The molecule has 0 rings (SSSR count). The first-order chi connectivity index (χ1) is 37.5. The summed E-state index contributed by atoms with van der Waals surface area (Å²) in [6.45, 7) is 4.65. The van der Waals surface area contributed by atoms with Gasteiger partial charge in [-0.3, -0.25) is 13.8 Å². The van der Waals surface area contributed by atoms with Crippen LogP contribution in [0.5, 0.6) is 0 Å². The first-order valence-electron chi connectivity index (χ1n) is 31.1. The Bertz CT molecular complexity index is 1710. The summed E-state index contributed by atoms with van der Waals surface area (Å²) >= 11 is 0. The topological polar surface area (TPSA) is 105 Å². The number of likely N-dealkylation sites (N-methyl/N-ethyl adjacent to an activating group) is 1. The Balaban J connectivity index is 4.10. The van der Waals surface area contributed by atoms with Crippen molar-refractivity contribution >= 4 is 13.7 Å². The highest BCUT2D eigenvalue weighted by Crippen LogP contribution is 2.43. The van der Waals surface area contributed by atoms with Crippen molar-refractivity contribution in [3.8, 4) is 0 Å². The molecule has 8 nitrogen and oxygen atoms in total. The first kappa shape index (κ1) is 73.6. The van der Waals surface area contributed by atoms with Crippen molar-refractivity contribution in [2.75, 3.05) is 40.9 Å². The average molecular weight is 1090 g/mol. The monoisotopic (exact) mass is 1090 g/mol. The van der Waals surface area contributed by atoms with Crippen molar-refractivity contribution in [2.24, 2.45) is 0 Å². The van der Waals surface area contributed by atoms with E-state index in [4.69, 9.17) is 9.05 Å². The van der Waals surface area contributed by atoms with Crippen LogP contribution in [0, 0.1) is 0 Å². The molecule has 0 aliphatic carbocycles. The average Bonchev–Trinajstić information content (AvgIpc) is 3.39. The van der Waals surface area contributed by atoms with E-state index in [1.54, 1.807) is 6.08 Å². The highest BCUT2D eigenvalue weighted by molar-refractivity contribution is 7.47. The normalized spacial score (nSPS) is 14.7. The van der Waals surface area contributed by atoms with Crippen molar-refractivity contribution in [1.82, 2.24) is 5.32 Å². The Hall–Kier alpha value is -3.36. The molecule has 0 bridgehead atoms. The molecule has 0 fully saturated rings. The molecule has 77 heavy (non-hydrogen) atoms. The second-order valence-electron chi connectivity index (χ2n) is 21.7. The van der Waals surface area contributed by atoms with Crippen molar-refractivity contribution in [3.63, 3.8) is 0 Å². The van der Waals surface area contributed by atoms with E-state index in [0.717, 1.165) is 96.3 Å². The van der Waals surface area contributed by atoms with Crippen molar-refractivity contribution in [2.45, 2.75) is 251 Å². The van der Waals surface area contributed by atoms with Crippen LogP contribution >= 0.6 is 7.82 Å². The molecule has 3 unspecified atom stereocenters. The van der Waals surface area contributed by atoms with E-state index in [1.165, 1.54) is 122 Å². The molecule has 9 heteroatoms.